The number of carbonyl (C=O) groups excluding carboxylic acids is 1. The van der Waals surface area contributed by atoms with Crippen LogP contribution >= 0.6 is 27.5 Å². The number of benzene rings is 3. The van der Waals surface area contributed by atoms with E-state index in [-0.39, 0.29) is 47.1 Å². The largest absolute Gasteiger partial charge is 0.416 e. The molecule has 0 aliphatic carbocycles. The van der Waals surface area contributed by atoms with Crippen LogP contribution in [0.2, 0.25) is 5.02 Å². The van der Waals surface area contributed by atoms with Gasteiger partial charge in [-0.25, -0.2) is 0 Å². The number of rotatable bonds is 6. The first-order valence-corrected chi connectivity index (χ1v) is 12.2. The van der Waals surface area contributed by atoms with Crippen LogP contribution in [0.4, 0.5) is 18.9 Å². The molecule has 0 atom stereocenters. The summed E-state index contributed by atoms with van der Waals surface area (Å²) in [7, 11) is 0. The normalized spacial score (nSPS) is 12.0. The van der Waals surface area contributed by atoms with Crippen molar-refractivity contribution < 1.29 is 18.0 Å². The van der Waals surface area contributed by atoms with Crippen molar-refractivity contribution >= 4 is 39.1 Å². The third kappa shape index (κ3) is 7.01. The smallest absolute Gasteiger partial charge is 0.397 e. The first kappa shape index (κ1) is 27.1. The summed E-state index contributed by atoms with van der Waals surface area (Å²) in [4.78, 5) is 15.1. The number of anilines is 1. The monoisotopic (exact) mass is 566 g/mol. The van der Waals surface area contributed by atoms with E-state index in [2.05, 4.69) is 36.7 Å². The van der Waals surface area contributed by atoms with Crippen LogP contribution in [0.3, 0.4) is 0 Å². The summed E-state index contributed by atoms with van der Waals surface area (Å²) < 4.78 is 40.0. The van der Waals surface area contributed by atoms with Gasteiger partial charge in [0.1, 0.15) is 0 Å². The highest BCUT2D eigenvalue weighted by atomic mass is 79.9. The predicted molar refractivity (Wildman–Crippen MR) is 139 cm³/mol. The standard InChI is InChI=1S/C27H27BrClF3N2O/c1-26(2,3)19-9-7-18(8-10-19)16-34(25(35)22-14-21(28)15-23(29)24(22)33)12-11-17-5-4-6-20(13-17)27(30,31)32/h4-10,13-15H,11-12,16,33H2,1-3H3. The highest BCUT2D eigenvalue weighted by molar-refractivity contribution is 9.10. The second-order valence-corrected chi connectivity index (χ2v) is 10.8. The summed E-state index contributed by atoms with van der Waals surface area (Å²) in [6, 6.07) is 16.3. The second-order valence-electron chi connectivity index (χ2n) is 9.47. The SMILES string of the molecule is CC(C)(C)c1ccc(CN(CCc2cccc(C(F)(F)F)c2)C(=O)c2cc(Br)cc(Cl)c2N)cc1. The predicted octanol–water partition coefficient (Wildman–Crippen LogP) is 7.89. The quantitative estimate of drug-likeness (QED) is 0.308. The minimum atomic E-state index is -4.43. The maximum absolute atomic E-state index is 13.5. The van der Waals surface area contributed by atoms with Gasteiger partial charge in [0.15, 0.2) is 0 Å². The third-order valence-electron chi connectivity index (χ3n) is 5.73. The van der Waals surface area contributed by atoms with Gasteiger partial charge in [-0.2, -0.15) is 13.2 Å². The van der Waals surface area contributed by atoms with Crippen molar-refractivity contribution in [3.8, 4) is 0 Å². The van der Waals surface area contributed by atoms with Gasteiger partial charge in [-0.05, 0) is 46.7 Å². The van der Waals surface area contributed by atoms with Gasteiger partial charge in [-0.1, -0.05) is 90.8 Å². The van der Waals surface area contributed by atoms with Crippen LogP contribution in [0.5, 0.6) is 0 Å². The van der Waals surface area contributed by atoms with Gasteiger partial charge in [0.25, 0.3) is 5.91 Å². The van der Waals surface area contributed by atoms with E-state index in [0.717, 1.165) is 23.3 Å². The number of nitrogens with two attached hydrogens (primary N) is 1. The number of nitrogens with zero attached hydrogens (tertiary/aromatic N) is 1. The van der Waals surface area contributed by atoms with Gasteiger partial charge in [0, 0.05) is 17.6 Å². The lowest BCUT2D eigenvalue weighted by Gasteiger charge is -2.25. The molecule has 186 valence electrons. The van der Waals surface area contributed by atoms with E-state index in [1.165, 1.54) is 6.07 Å². The summed E-state index contributed by atoms with van der Waals surface area (Å²) in [5.41, 5.74) is 8.31. The lowest BCUT2D eigenvalue weighted by atomic mass is 9.87. The summed E-state index contributed by atoms with van der Waals surface area (Å²) in [5, 5.41) is 0.245. The Morgan fingerprint density at radius 2 is 1.63 bits per heavy atom. The lowest BCUT2D eigenvalue weighted by molar-refractivity contribution is -0.137. The molecule has 1 amide bonds. The fourth-order valence-corrected chi connectivity index (χ4v) is 4.49. The Bertz CT molecular complexity index is 1200. The molecular weight excluding hydrogens is 541 g/mol. The van der Waals surface area contributed by atoms with Gasteiger partial charge in [0.2, 0.25) is 0 Å². The molecule has 0 unspecified atom stereocenters. The first-order valence-electron chi connectivity index (χ1n) is 11.0. The zero-order valence-corrected chi connectivity index (χ0v) is 22.1. The lowest BCUT2D eigenvalue weighted by Crippen LogP contribution is -2.33. The molecular formula is C27H27BrClF3N2O. The molecule has 0 radical (unpaired) electrons. The Hall–Kier alpha value is -2.51. The van der Waals surface area contributed by atoms with E-state index >= 15 is 0 Å². The Balaban J connectivity index is 1.90. The number of alkyl halides is 3. The molecule has 0 aromatic heterocycles. The number of nitrogen functional groups attached to an aromatic ring is 1. The van der Waals surface area contributed by atoms with Crippen molar-refractivity contribution in [1.82, 2.24) is 4.90 Å². The fraction of sp³-hybridized carbons (Fsp3) is 0.296. The number of hydrogen-bond donors (Lipinski definition) is 1. The molecule has 3 aromatic carbocycles. The molecule has 2 N–H and O–H groups in total. The maximum atomic E-state index is 13.5. The van der Waals surface area contributed by atoms with E-state index in [4.69, 9.17) is 17.3 Å². The van der Waals surface area contributed by atoms with Crippen LogP contribution in [0.15, 0.2) is 65.1 Å². The molecule has 0 bridgehead atoms. The molecule has 0 fully saturated rings. The van der Waals surface area contributed by atoms with Gasteiger partial charge < -0.3 is 10.6 Å². The van der Waals surface area contributed by atoms with Gasteiger partial charge in [-0.3, -0.25) is 4.79 Å². The van der Waals surface area contributed by atoms with Crippen LogP contribution in [0, 0.1) is 0 Å². The first-order chi connectivity index (χ1) is 16.3. The van der Waals surface area contributed by atoms with Crippen molar-refractivity contribution in [1.29, 1.82) is 0 Å². The summed E-state index contributed by atoms with van der Waals surface area (Å²) in [6.07, 6.45) is -4.18. The molecule has 35 heavy (non-hydrogen) atoms. The Kier molecular flexibility index (Phi) is 8.22. The Labute approximate surface area is 217 Å². The number of amides is 1. The van der Waals surface area contributed by atoms with E-state index < -0.39 is 11.7 Å². The molecule has 0 saturated carbocycles. The molecule has 3 nitrogen and oxygen atoms in total. The molecule has 0 aliphatic heterocycles. The van der Waals surface area contributed by atoms with Crippen LogP contribution in [-0.2, 0) is 24.6 Å². The average Bonchev–Trinajstić information content (AvgIpc) is 2.78. The van der Waals surface area contributed by atoms with Crippen molar-refractivity contribution in [2.24, 2.45) is 0 Å². The topological polar surface area (TPSA) is 46.3 Å². The highest BCUT2D eigenvalue weighted by Gasteiger charge is 2.30. The van der Waals surface area contributed by atoms with E-state index in [1.807, 2.05) is 24.3 Å². The molecule has 0 saturated heterocycles. The average molecular weight is 568 g/mol. The van der Waals surface area contributed by atoms with Gasteiger partial charge in [0.05, 0.1) is 21.8 Å². The van der Waals surface area contributed by atoms with Gasteiger partial charge in [-0.15, -0.1) is 0 Å². The summed E-state index contributed by atoms with van der Waals surface area (Å²) >= 11 is 9.53. The Morgan fingerprint density at radius 1 is 0.971 bits per heavy atom. The molecule has 3 aromatic rings. The summed E-state index contributed by atoms with van der Waals surface area (Å²) in [5.74, 6) is -0.349. The van der Waals surface area contributed by atoms with E-state index in [9.17, 15) is 18.0 Å². The van der Waals surface area contributed by atoms with Crippen molar-refractivity contribution in [3.05, 3.63) is 98.0 Å². The van der Waals surface area contributed by atoms with Crippen LogP contribution in [0.25, 0.3) is 0 Å². The molecule has 3 rings (SSSR count). The van der Waals surface area contributed by atoms with E-state index in [1.54, 1.807) is 23.1 Å². The van der Waals surface area contributed by atoms with E-state index in [0.29, 0.717) is 10.0 Å². The minimum Gasteiger partial charge on any atom is -0.397 e. The third-order valence-corrected chi connectivity index (χ3v) is 6.50. The second kappa shape index (κ2) is 10.6. The molecule has 0 heterocycles. The van der Waals surface area contributed by atoms with Crippen LogP contribution < -0.4 is 5.73 Å². The maximum Gasteiger partial charge on any atom is 0.416 e. The number of carbonyl (C=O) groups is 1. The number of hydrogen-bond acceptors (Lipinski definition) is 2. The highest BCUT2D eigenvalue weighted by Crippen LogP contribution is 2.31. The molecule has 0 spiro atoms. The van der Waals surface area contributed by atoms with Gasteiger partial charge >= 0.3 is 6.18 Å². The van der Waals surface area contributed by atoms with Crippen LogP contribution in [0.1, 0.15) is 53.4 Å². The number of halogens is 5. The van der Waals surface area contributed by atoms with Crippen molar-refractivity contribution in [3.63, 3.8) is 0 Å². The minimum absolute atomic E-state index is 0.0148. The zero-order valence-electron chi connectivity index (χ0n) is 19.7. The summed E-state index contributed by atoms with van der Waals surface area (Å²) in [6.45, 7) is 6.82. The van der Waals surface area contributed by atoms with Crippen LogP contribution in [-0.4, -0.2) is 17.4 Å². The molecule has 0 aliphatic rings. The Morgan fingerprint density at radius 3 is 2.23 bits per heavy atom. The van der Waals surface area contributed by atoms with Crippen molar-refractivity contribution in [2.45, 2.75) is 45.3 Å². The zero-order chi connectivity index (χ0) is 26.0. The molecule has 8 heteroatoms. The fourth-order valence-electron chi connectivity index (χ4n) is 3.68. The van der Waals surface area contributed by atoms with Crippen molar-refractivity contribution in [2.75, 3.05) is 12.3 Å².